The molecule has 4 aromatic carbocycles. The third-order valence-electron chi connectivity index (χ3n) is 4.55. The Labute approximate surface area is 182 Å². The zero-order valence-corrected chi connectivity index (χ0v) is 17.2. The largest absolute Gasteiger partial charge is 0.497 e. The number of methoxy groups -OCH3 is 1. The fourth-order valence-electron chi connectivity index (χ4n) is 2.91. The van der Waals surface area contributed by atoms with Crippen LogP contribution in [0, 0.1) is 0 Å². The van der Waals surface area contributed by atoms with Gasteiger partial charge in [0.15, 0.2) is 5.75 Å². The van der Waals surface area contributed by atoms with Crippen LogP contribution in [0.25, 0.3) is 0 Å². The van der Waals surface area contributed by atoms with Gasteiger partial charge in [0.1, 0.15) is 17.2 Å². The summed E-state index contributed by atoms with van der Waals surface area (Å²) in [6.07, 6.45) is 3.65. The van der Waals surface area contributed by atoms with Crippen LogP contribution in [0.1, 0.15) is 11.1 Å². The van der Waals surface area contributed by atoms with E-state index in [0.29, 0.717) is 17.2 Å². The zero-order chi connectivity index (χ0) is 21.3. The highest BCUT2D eigenvalue weighted by molar-refractivity contribution is 5.83. The fourth-order valence-corrected chi connectivity index (χ4v) is 2.91. The van der Waals surface area contributed by atoms with Crippen molar-refractivity contribution >= 4 is 23.8 Å². The van der Waals surface area contributed by atoms with Crippen LogP contribution in [-0.4, -0.2) is 19.5 Å². The van der Waals surface area contributed by atoms with E-state index in [2.05, 4.69) is 9.98 Å². The molecule has 0 bridgehead atoms. The van der Waals surface area contributed by atoms with Crippen LogP contribution < -0.4 is 9.47 Å². The van der Waals surface area contributed by atoms with Gasteiger partial charge < -0.3 is 9.47 Å². The molecule has 0 unspecified atom stereocenters. The van der Waals surface area contributed by atoms with Crippen LogP contribution in [0.3, 0.4) is 0 Å². The maximum Gasteiger partial charge on any atom is 0.153 e. The van der Waals surface area contributed by atoms with Gasteiger partial charge in [-0.3, -0.25) is 9.98 Å². The van der Waals surface area contributed by atoms with Gasteiger partial charge in [-0.1, -0.05) is 60.7 Å². The molecule has 0 amide bonds. The molecule has 4 nitrogen and oxygen atoms in total. The summed E-state index contributed by atoms with van der Waals surface area (Å²) in [5.74, 6) is 2.08. The van der Waals surface area contributed by atoms with E-state index < -0.39 is 0 Å². The molecule has 0 saturated carbocycles. The van der Waals surface area contributed by atoms with Gasteiger partial charge in [-0.05, 0) is 47.5 Å². The number of hydrogen-bond donors (Lipinski definition) is 0. The van der Waals surface area contributed by atoms with Crippen LogP contribution in [0.15, 0.2) is 113 Å². The zero-order valence-electron chi connectivity index (χ0n) is 17.2. The Morgan fingerprint density at radius 3 is 1.81 bits per heavy atom. The molecule has 0 N–H and O–H groups in total. The van der Waals surface area contributed by atoms with E-state index in [9.17, 15) is 0 Å². The molecule has 0 saturated heterocycles. The minimum Gasteiger partial charge on any atom is -0.497 e. The summed E-state index contributed by atoms with van der Waals surface area (Å²) in [5.41, 5.74) is 3.61. The standard InChI is InChI=1S/C27H22N2O2/c1-30-25-16-17-27(26(18-25)29-20-22-10-6-3-7-11-22)31-24-14-12-23(13-15-24)28-19-21-8-4-2-5-9-21/h2-20H,1H3. The predicted molar refractivity (Wildman–Crippen MR) is 127 cm³/mol. The van der Waals surface area contributed by atoms with E-state index in [4.69, 9.17) is 9.47 Å². The van der Waals surface area contributed by atoms with Crippen molar-refractivity contribution in [3.8, 4) is 17.2 Å². The van der Waals surface area contributed by atoms with E-state index in [1.54, 1.807) is 7.11 Å². The van der Waals surface area contributed by atoms with E-state index in [1.165, 1.54) is 0 Å². The van der Waals surface area contributed by atoms with Gasteiger partial charge in [-0.2, -0.15) is 0 Å². The van der Waals surface area contributed by atoms with Gasteiger partial charge in [-0.15, -0.1) is 0 Å². The maximum atomic E-state index is 6.09. The third kappa shape index (κ3) is 5.67. The topological polar surface area (TPSA) is 43.2 Å². The Balaban J connectivity index is 1.52. The predicted octanol–water partition coefficient (Wildman–Crippen LogP) is 6.99. The Hall–Kier alpha value is -4.18. The molecule has 0 aliphatic carbocycles. The summed E-state index contributed by atoms with van der Waals surface area (Å²) < 4.78 is 11.4. The average molecular weight is 406 g/mol. The molecule has 4 heteroatoms. The van der Waals surface area contributed by atoms with E-state index in [0.717, 1.165) is 22.6 Å². The Kier molecular flexibility index (Phi) is 6.51. The number of nitrogens with zero attached hydrogens (tertiary/aromatic N) is 2. The number of benzene rings is 4. The van der Waals surface area contributed by atoms with Crippen molar-refractivity contribution in [1.82, 2.24) is 0 Å². The second-order valence-electron chi connectivity index (χ2n) is 6.77. The van der Waals surface area contributed by atoms with E-state index in [1.807, 2.05) is 116 Å². The minimum absolute atomic E-state index is 0.647. The highest BCUT2D eigenvalue weighted by Gasteiger charge is 2.06. The molecule has 0 atom stereocenters. The molecule has 31 heavy (non-hydrogen) atoms. The van der Waals surface area contributed by atoms with Gasteiger partial charge in [0, 0.05) is 18.5 Å². The smallest absolute Gasteiger partial charge is 0.153 e. The van der Waals surface area contributed by atoms with Crippen molar-refractivity contribution in [2.24, 2.45) is 9.98 Å². The molecule has 0 aliphatic heterocycles. The SMILES string of the molecule is COc1ccc(Oc2ccc(N=Cc3ccccc3)cc2)c(N=Cc2ccccc2)c1. The van der Waals surface area contributed by atoms with Crippen molar-refractivity contribution in [3.63, 3.8) is 0 Å². The molecule has 0 aliphatic rings. The second kappa shape index (κ2) is 10.0. The van der Waals surface area contributed by atoms with Crippen molar-refractivity contribution in [3.05, 3.63) is 114 Å². The molecule has 4 rings (SSSR count). The monoisotopic (exact) mass is 406 g/mol. The summed E-state index contributed by atoms with van der Waals surface area (Å²) in [4.78, 5) is 9.12. The number of aliphatic imine (C=N–C) groups is 2. The van der Waals surface area contributed by atoms with Gasteiger partial charge in [-0.25, -0.2) is 0 Å². The van der Waals surface area contributed by atoms with Gasteiger partial charge >= 0.3 is 0 Å². The fraction of sp³-hybridized carbons (Fsp3) is 0.0370. The highest BCUT2D eigenvalue weighted by Crippen LogP contribution is 2.35. The molecule has 0 aromatic heterocycles. The Morgan fingerprint density at radius 2 is 1.19 bits per heavy atom. The summed E-state index contributed by atoms with van der Waals surface area (Å²) in [6, 6.07) is 33.1. The van der Waals surface area contributed by atoms with Crippen LogP contribution >= 0.6 is 0 Å². The molecule has 0 fully saturated rings. The highest BCUT2D eigenvalue weighted by atomic mass is 16.5. The summed E-state index contributed by atoms with van der Waals surface area (Å²) in [6.45, 7) is 0. The summed E-state index contributed by atoms with van der Waals surface area (Å²) in [7, 11) is 1.63. The first-order valence-corrected chi connectivity index (χ1v) is 9.94. The summed E-state index contributed by atoms with van der Waals surface area (Å²) >= 11 is 0. The second-order valence-corrected chi connectivity index (χ2v) is 6.77. The first-order chi connectivity index (χ1) is 15.3. The molecule has 0 heterocycles. The van der Waals surface area contributed by atoms with Crippen LogP contribution in [0.4, 0.5) is 11.4 Å². The molecule has 0 radical (unpaired) electrons. The van der Waals surface area contributed by atoms with Gasteiger partial charge in [0.05, 0.1) is 12.8 Å². The molecular weight excluding hydrogens is 384 g/mol. The lowest BCUT2D eigenvalue weighted by molar-refractivity contribution is 0.413. The van der Waals surface area contributed by atoms with Gasteiger partial charge in [0.25, 0.3) is 0 Å². The van der Waals surface area contributed by atoms with Crippen molar-refractivity contribution in [1.29, 1.82) is 0 Å². The number of rotatable bonds is 7. The Bertz CT molecular complexity index is 1170. The number of hydrogen-bond acceptors (Lipinski definition) is 4. The van der Waals surface area contributed by atoms with E-state index in [-0.39, 0.29) is 0 Å². The first-order valence-electron chi connectivity index (χ1n) is 9.94. The van der Waals surface area contributed by atoms with Crippen molar-refractivity contribution < 1.29 is 9.47 Å². The molecule has 4 aromatic rings. The lowest BCUT2D eigenvalue weighted by atomic mass is 10.2. The van der Waals surface area contributed by atoms with Crippen LogP contribution in [0.2, 0.25) is 0 Å². The quantitative estimate of drug-likeness (QED) is 0.310. The Morgan fingerprint density at radius 1 is 0.613 bits per heavy atom. The molecule has 0 spiro atoms. The number of ether oxygens (including phenoxy) is 2. The molecular formula is C27H22N2O2. The van der Waals surface area contributed by atoms with Gasteiger partial charge in [0.2, 0.25) is 0 Å². The molecule has 152 valence electrons. The normalized spacial score (nSPS) is 11.1. The third-order valence-corrected chi connectivity index (χ3v) is 4.55. The first kappa shape index (κ1) is 20.1. The van der Waals surface area contributed by atoms with E-state index >= 15 is 0 Å². The minimum atomic E-state index is 0.647. The van der Waals surface area contributed by atoms with Crippen molar-refractivity contribution in [2.75, 3.05) is 7.11 Å². The van der Waals surface area contributed by atoms with Crippen LogP contribution in [-0.2, 0) is 0 Å². The average Bonchev–Trinajstić information content (AvgIpc) is 2.84. The van der Waals surface area contributed by atoms with Crippen molar-refractivity contribution in [2.45, 2.75) is 0 Å². The lowest BCUT2D eigenvalue weighted by Crippen LogP contribution is -1.88. The lowest BCUT2D eigenvalue weighted by Gasteiger charge is -2.10. The summed E-state index contributed by atoms with van der Waals surface area (Å²) in [5, 5.41) is 0. The maximum absolute atomic E-state index is 6.09. The van der Waals surface area contributed by atoms with Crippen LogP contribution in [0.5, 0.6) is 17.2 Å².